The molecule has 0 spiro atoms. The zero-order chi connectivity index (χ0) is 8.13. The maximum absolute atomic E-state index is 5.80. The van der Waals surface area contributed by atoms with Gasteiger partial charge < -0.3 is 5.73 Å². The third-order valence-corrected chi connectivity index (χ3v) is 4.95. The zero-order valence-corrected chi connectivity index (χ0v) is 8.09. The first-order valence-electron chi connectivity index (χ1n) is 4.96. The molecule has 3 rings (SSSR count). The van der Waals surface area contributed by atoms with Crippen molar-refractivity contribution < 1.29 is 0 Å². The highest BCUT2D eigenvalue weighted by atomic mass is 32.2. The predicted octanol–water partition coefficient (Wildman–Crippen LogP) is 0.666. The monoisotopic (exact) mass is 184 g/mol. The van der Waals surface area contributed by atoms with E-state index in [4.69, 9.17) is 5.73 Å². The van der Waals surface area contributed by atoms with Crippen LogP contribution in [0.25, 0.3) is 0 Å². The van der Waals surface area contributed by atoms with Crippen LogP contribution in [0.2, 0.25) is 0 Å². The van der Waals surface area contributed by atoms with Crippen molar-refractivity contribution in [3.05, 3.63) is 0 Å². The normalized spacial score (nSPS) is 52.8. The summed E-state index contributed by atoms with van der Waals surface area (Å²) >= 11 is 2.18. The summed E-state index contributed by atoms with van der Waals surface area (Å²) in [6.07, 6.45) is 3.97. The van der Waals surface area contributed by atoms with Crippen LogP contribution in [0, 0.1) is 0 Å². The fourth-order valence-electron chi connectivity index (χ4n) is 2.78. The molecule has 2 bridgehead atoms. The summed E-state index contributed by atoms with van der Waals surface area (Å²) in [5.74, 6) is 1.39. The molecule has 2 heterocycles. The molecule has 2 unspecified atom stereocenters. The molecular weight excluding hydrogens is 168 g/mol. The van der Waals surface area contributed by atoms with Crippen LogP contribution in [0.15, 0.2) is 0 Å². The second kappa shape index (κ2) is 2.63. The van der Waals surface area contributed by atoms with E-state index in [1.165, 1.54) is 31.6 Å². The van der Waals surface area contributed by atoms with Crippen LogP contribution in [0.4, 0.5) is 0 Å². The lowest BCUT2D eigenvalue weighted by molar-refractivity contribution is 0.105. The van der Waals surface area contributed by atoms with Crippen LogP contribution in [0.1, 0.15) is 19.3 Å². The van der Waals surface area contributed by atoms with E-state index in [-0.39, 0.29) is 0 Å². The summed E-state index contributed by atoms with van der Waals surface area (Å²) in [5, 5.41) is 0.965. The lowest BCUT2D eigenvalue weighted by Crippen LogP contribution is -2.53. The molecule has 1 saturated carbocycles. The molecule has 2 saturated heterocycles. The van der Waals surface area contributed by atoms with Crippen molar-refractivity contribution in [2.45, 2.75) is 42.6 Å². The molecule has 0 amide bonds. The maximum Gasteiger partial charge on any atom is 0.0200 e. The SMILES string of the molecule is NC1CC(N2CC3CC2CS3)C1. The minimum Gasteiger partial charge on any atom is -0.328 e. The number of hydrogen-bond donors (Lipinski definition) is 1. The third kappa shape index (κ3) is 1.03. The Bertz CT molecular complexity index is 191. The summed E-state index contributed by atoms with van der Waals surface area (Å²) < 4.78 is 0. The largest absolute Gasteiger partial charge is 0.328 e. The Morgan fingerprint density at radius 2 is 2.00 bits per heavy atom. The third-order valence-electron chi connectivity index (χ3n) is 3.56. The minimum absolute atomic E-state index is 0.516. The van der Waals surface area contributed by atoms with Crippen LogP contribution in [0.3, 0.4) is 0 Å². The van der Waals surface area contributed by atoms with Crippen molar-refractivity contribution in [2.75, 3.05) is 12.3 Å². The molecule has 1 aliphatic carbocycles. The van der Waals surface area contributed by atoms with E-state index in [0.29, 0.717) is 6.04 Å². The number of fused-ring (bicyclic) bond motifs is 2. The summed E-state index contributed by atoms with van der Waals surface area (Å²) in [6.45, 7) is 1.35. The Morgan fingerprint density at radius 1 is 1.17 bits per heavy atom. The van der Waals surface area contributed by atoms with Crippen LogP contribution in [-0.4, -0.2) is 40.6 Å². The standard InChI is InChI=1S/C9H16N2S/c10-6-1-7(2-6)11-4-9-3-8(11)5-12-9/h6-9H,1-5,10H2. The number of hydrogen-bond acceptors (Lipinski definition) is 3. The lowest BCUT2D eigenvalue weighted by atomic mass is 9.86. The topological polar surface area (TPSA) is 29.3 Å². The van der Waals surface area contributed by atoms with Crippen LogP contribution in [0.5, 0.6) is 0 Å². The molecule has 68 valence electrons. The van der Waals surface area contributed by atoms with E-state index in [9.17, 15) is 0 Å². The molecule has 2 N–H and O–H groups in total. The Labute approximate surface area is 77.9 Å². The van der Waals surface area contributed by atoms with E-state index in [1.54, 1.807) is 0 Å². The van der Waals surface area contributed by atoms with Gasteiger partial charge in [0.25, 0.3) is 0 Å². The van der Waals surface area contributed by atoms with E-state index in [0.717, 1.165) is 17.3 Å². The number of likely N-dealkylation sites (tertiary alicyclic amines) is 1. The second-order valence-electron chi connectivity index (χ2n) is 4.43. The number of nitrogens with zero attached hydrogens (tertiary/aromatic N) is 1. The highest BCUT2D eigenvalue weighted by Gasteiger charge is 2.44. The first-order chi connectivity index (χ1) is 5.83. The minimum atomic E-state index is 0.516. The van der Waals surface area contributed by atoms with Crippen molar-refractivity contribution in [3.63, 3.8) is 0 Å². The van der Waals surface area contributed by atoms with Gasteiger partial charge in [-0.1, -0.05) is 0 Å². The molecule has 2 atom stereocenters. The van der Waals surface area contributed by atoms with Gasteiger partial charge in [-0.15, -0.1) is 0 Å². The van der Waals surface area contributed by atoms with Gasteiger partial charge in [-0.25, -0.2) is 0 Å². The van der Waals surface area contributed by atoms with E-state index < -0.39 is 0 Å². The fourth-order valence-corrected chi connectivity index (χ4v) is 4.23. The molecule has 3 fully saturated rings. The molecule has 12 heavy (non-hydrogen) atoms. The number of thioether (sulfide) groups is 1. The molecular formula is C9H16N2S. The van der Waals surface area contributed by atoms with Crippen LogP contribution >= 0.6 is 11.8 Å². The van der Waals surface area contributed by atoms with Gasteiger partial charge >= 0.3 is 0 Å². The van der Waals surface area contributed by atoms with Crippen molar-refractivity contribution in [3.8, 4) is 0 Å². The van der Waals surface area contributed by atoms with Gasteiger partial charge in [0, 0.05) is 35.7 Å². The highest BCUT2D eigenvalue weighted by molar-refractivity contribution is 8.00. The van der Waals surface area contributed by atoms with Gasteiger partial charge in [0.05, 0.1) is 0 Å². The first-order valence-corrected chi connectivity index (χ1v) is 6.01. The maximum atomic E-state index is 5.80. The lowest BCUT2D eigenvalue weighted by Gasteiger charge is -2.43. The van der Waals surface area contributed by atoms with Crippen LogP contribution in [-0.2, 0) is 0 Å². The fraction of sp³-hybridized carbons (Fsp3) is 1.00. The van der Waals surface area contributed by atoms with Crippen molar-refractivity contribution in [2.24, 2.45) is 5.73 Å². The molecule has 0 aromatic carbocycles. The quantitative estimate of drug-likeness (QED) is 0.649. The Morgan fingerprint density at radius 3 is 2.50 bits per heavy atom. The molecule has 0 aromatic heterocycles. The molecule has 0 radical (unpaired) electrons. The van der Waals surface area contributed by atoms with Gasteiger partial charge in [0.1, 0.15) is 0 Å². The van der Waals surface area contributed by atoms with Gasteiger partial charge in [-0.3, -0.25) is 4.90 Å². The molecule has 2 aliphatic heterocycles. The van der Waals surface area contributed by atoms with Gasteiger partial charge in [0.15, 0.2) is 0 Å². The number of rotatable bonds is 1. The first kappa shape index (κ1) is 7.65. The van der Waals surface area contributed by atoms with E-state index in [1.807, 2.05) is 0 Å². The Kier molecular flexibility index (Phi) is 1.68. The molecule has 0 aromatic rings. The Balaban J connectivity index is 1.64. The molecule has 3 heteroatoms. The van der Waals surface area contributed by atoms with Crippen molar-refractivity contribution in [1.29, 1.82) is 0 Å². The summed E-state index contributed by atoms with van der Waals surface area (Å²) in [4.78, 5) is 2.73. The van der Waals surface area contributed by atoms with Gasteiger partial charge in [-0.2, -0.15) is 11.8 Å². The smallest absolute Gasteiger partial charge is 0.0200 e. The summed E-state index contributed by atoms with van der Waals surface area (Å²) in [5.41, 5.74) is 5.80. The highest BCUT2D eigenvalue weighted by Crippen LogP contribution is 2.41. The zero-order valence-electron chi connectivity index (χ0n) is 7.28. The Hall–Kier alpha value is 0.270. The summed E-state index contributed by atoms with van der Waals surface area (Å²) in [7, 11) is 0. The van der Waals surface area contributed by atoms with E-state index in [2.05, 4.69) is 16.7 Å². The number of nitrogens with two attached hydrogens (primary N) is 1. The van der Waals surface area contributed by atoms with Gasteiger partial charge in [-0.05, 0) is 19.3 Å². The van der Waals surface area contributed by atoms with E-state index >= 15 is 0 Å². The average molecular weight is 184 g/mol. The van der Waals surface area contributed by atoms with Crippen molar-refractivity contribution in [1.82, 2.24) is 4.90 Å². The summed E-state index contributed by atoms with van der Waals surface area (Å²) in [6, 6.07) is 2.29. The predicted molar refractivity (Wildman–Crippen MR) is 52.4 cm³/mol. The molecule has 2 nitrogen and oxygen atoms in total. The average Bonchev–Trinajstić information content (AvgIpc) is 2.58. The van der Waals surface area contributed by atoms with Gasteiger partial charge in [0.2, 0.25) is 0 Å². The van der Waals surface area contributed by atoms with Crippen LogP contribution < -0.4 is 5.73 Å². The molecule has 3 aliphatic rings. The van der Waals surface area contributed by atoms with Crippen molar-refractivity contribution >= 4 is 11.8 Å². The second-order valence-corrected chi connectivity index (χ2v) is 5.76.